The number of nitrogens with one attached hydrogen (secondary N) is 1. The Bertz CT molecular complexity index is 1090. The average Bonchev–Trinajstić information content (AvgIpc) is 2.94. The normalized spacial score (nSPS) is 22.7. The second-order valence-corrected chi connectivity index (χ2v) is 10.2. The summed E-state index contributed by atoms with van der Waals surface area (Å²) in [5, 5.41) is 11.8. The maximum atomic E-state index is 13.7. The van der Waals surface area contributed by atoms with Crippen molar-refractivity contribution in [3.05, 3.63) is 71.3 Å². The summed E-state index contributed by atoms with van der Waals surface area (Å²) in [6, 6.07) is 14.9. The molecule has 0 spiro atoms. The Labute approximate surface area is 202 Å². The molecule has 2 aliphatic heterocycles. The highest BCUT2D eigenvalue weighted by Crippen LogP contribution is 2.39. The predicted octanol–water partition coefficient (Wildman–Crippen LogP) is 3.13. The lowest BCUT2D eigenvalue weighted by atomic mass is 9.89. The van der Waals surface area contributed by atoms with Gasteiger partial charge < -0.3 is 15.3 Å². The SMILES string of the molecule is CC(=O)S[C@@H](Cc1ccccc1)C(=O)NC1Cc2ccccc2[C@H]2CCC[C@@H](C(=O)O)N2C1=O. The highest BCUT2D eigenvalue weighted by Gasteiger charge is 2.44. The van der Waals surface area contributed by atoms with Crippen molar-refractivity contribution in [3.63, 3.8) is 0 Å². The van der Waals surface area contributed by atoms with Crippen molar-refractivity contribution < 1.29 is 24.3 Å². The zero-order valence-corrected chi connectivity index (χ0v) is 19.8. The first-order chi connectivity index (χ1) is 16.3. The highest BCUT2D eigenvalue weighted by atomic mass is 32.2. The minimum absolute atomic E-state index is 0.185. The zero-order valence-electron chi connectivity index (χ0n) is 19.0. The van der Waals surface area contributed by atoms with E-state index in [1.165, 1.54) is 11.8 Å². The van der Waals surface area contributed by atoms with E-state index in [0.717, 1.165) is 28.5 Å². The first-order valence-electron chi connectivity index (χ1n) is 11.5. The van der Waals surface area contributed by atoms with Crippen LogP contribution in [0.25, 0.3) is 0 Å². The summed E-state index contributed by atoms with van der Waals surface area (Å²) < 4.78 is 0. The summed E-state index contributed by atoms with van der Waals surface area (Å²) in [6.45, 7) is 1.42. The second kappa shape index (κ2) is 10.4. The summed E-state index contributed by atoms with van der Waals surface area (Å²) in [5.74, 6) is -1.81. The molecule has 2 amide bonds. The molecule has 2 N–H and O–H groups in total. The molecule has 4 rings (SSSR count). The van der Waals surface area contributed by atoms with Crippen molar-refractivity contribution >= 4 is 34.7 Å². The van der Waals surface area contributed by atoms with Crippen molar-refractivity contribution in [2.75, 3.05) is 0 Å². The number of carboxylic acid groups (broad SMARTS) is 1. The standard InChI is InChI=1S/C26H28N2O5S/c1-16(29)34-23(14-17-8-3-2-4-9-17)24(30)27-20-15-18-10-5-6-11-19(18)21-12-7-13-22(26(32)33)28(21)25(20)31/h2-6,8-11,20-23H,7,12-15H2,1H3,(H,27,30)(H,32,33)/t20?,21-,22+,23+/m1/s1. The van der Waals surface area contributed by atoms with Crippen LogP contribution in [0.3, 0.4) is 0 Å². The Hall–Kier alpha value is -3.13. The van der Waals surface area contributed by atoms with Crippen LogP contribution in [0.1, 0.15) is 48.9 Å². The lowest BCUT2D eigenvalue weighted by molar-refractivity contribution is -0.156. The Kier molecular flexibility index (Phi) is 7.36. The van der Waals surface area contributed by atoms with Crippen LogP contribution < -0.4 is 5.32 Å². The van der Waals surface area contributed by atoms with E-state index in [1.54, 1.807) is 0 Å². The Morgan fingerprint density at radius 2 is 1.79 bits per heavy atom. The van der Waals surface area contributed by atoms with Gasteiger partial charge in [0.25, 0.3) is 0 Å². The summed E-state index contributed by atoms with van der Waals surface area (Å²) in [6.07, 6.45) is 2.41. The molecule has 178 valence electrons. The van der Waals surface area contributed by atoms with Crippen LogP contribution in [-0.4, -0.2) is 50.2 Å². The molecule has 2 heterocycles. The van der Waals surface area contributed by atoms with E-state index in [1.807, 2.05) is 54.6 Å². The Morgan fingerprint density at radius 3 is 2.50 bits per heavy atom. The number of rotatable bonds is 6. The molecule has 0 aliphatic carbocycles. The van der Waals surface area contributed by atoms with E-state index in [4.69, 9.17) is 0 Å². The molecule has 8 heteroatoms. The van der Waals surface area contributed by atoms with Gasteiger partial charge in [0.2, 0.25) is 11.8 Å². The molecule has 2 aromatic rings. The number of benzene rings is 2. The number of aliphatic carboxylic acids is 1. The van der Waals surface area contributed by atoms with E-state index < -0.39 is 29.2 Å². The van der Waals surface area contributed by atoms with Gasteiger partial charge in [-0.05, 0) is 42.4 Å². The highest BCUT2D eigenvalue weighted by molar-refractivity contribution is 8.14. The molecule has 1 saturated heterocycles. The topological polar surface area (TPSA) is 104 Å². The van der Waals surface area contributed by atoms with E-state index in [9.17, 15) is 24.3 Å². The summed E-state index contributed by atoms with van der Waals surface area (Å²) in [4.78, 5) is 52.4. The first kappa shape index (κ1) is 24.0. The fraction of sp³-hybridized carbons (Fsp3) is 0.385. The molecule has 2 aliphatic rings. The van der Waals surface area contributed by atoms with Gasteiger partial charge >= 0.3 is 5.97 Å². The fourth-order valence-corrected chi connectivity index (χ4v) is 5.83. The van der Waals surface area contributed by atoms with Gasteiger partial charge in [0.05, 0.1) is 11.3 Å². The van der Waals surface area contributed by atoms with Gasteiger partial charge in [-0.3, -0.25) is 14.4 Å². The molecule has 4 atom stereocenters. The van der Waals surface area contributed by atoms with Gasteiger partial charge in [-0.25, -0.2) is 4.79 Å². The molecule has 0 aromatic heterocycles. The molecular formula is C26H28N2O5S. The van der Waals surface area contributed by atoms with Crippen molar-refractivity contribution in [2.45, 2.75) is 62.4 Å². The Balaban J connectivity index is 1.63. The molecule has 1 unspecified atom stereocenters. The molecular weight excluding hydrogens is 452 g/mol. The van der Waals surface area contributed by atoms with Crippen molar-refractivity contribution in [1.82, 2.24) is 10.2 Å². The number of piperidine rings is 1. The molecule has 0 radical (unpaired) electrons. The fourth-order valence-electron chi connectivity index (χ4n) is 4.98. The summed E-state index contributed by atoms with van der Waals surface area (Å²) >= 11 is 0.941. The molecule has 0 bridgehead atoms. The van der Waals surface area contributed by atoms with Crippen molar-refractivity contribution in [2.24, 2.45) is 0 Å². The molecule has 7 nitrogen and oxygen atoms in total. The maximum Gasteiger partial charge on any atom is 0.326 e. The third kappa shape index (κ3) is 5.17. The number of fused-ring (bicyclic) bond motifs is 3. The minimum atomic E-state index is -1.03. The monoisotopic (exact) mass is 480 g/mol. The third-order valence-corrected chi connectivity index (χ3v) is 7.48. The quantitative estimate of drug-likeness (QED) is 0.659. The van der Waals surface area contributed by atoms with Crippen LogP contribution in [0.15, 0.2) is 54.6 Å². The van der Waals surface area contributed by atoms with Crippen LogP contribution in [0, 0.1) is 0 Å². The van der Waals surface area contributed by atoms with E-state index in [2.05, 4.69) is 5.32 Å². The van der Waals surface area contributed by atoms with Gasteiger partial charge in [0, 0.05) is 13.3 Å². The van der Waals surface area contributed by atoms with Gasteiger partial charge in [0.1, 0.15) is 12.1 Å². The van der Waals surface area contributed by atoms with Crippen LogP contribution in [0.5, 0.6) is 0 Å². The minimum Gasteiger partial charge on any atom is -0.480 e. The average molecular weight is 481 g/mol. The lowest BCUT2D eigenvalue weighted by Gasteiger charge is -2.40. The van der Waals surface area contributed by atoms with Gasteiger partial charge in [-0.15, -0.1) is 0 Å². The molecule has 0 saturated carbocycles. The number of thioether (sulfide) groups is 1. The number of carbonyl (C=O) groups is 4. The van der Waals surface area contributed by atoms with Crippen molar-refractivity contribution in [1.29, 1.82) is 0 Å². The predicted molar refractivity (Wildman–Crippen MR) is 129 cm³/mol. The number of carboxylic acids is 1. The van der Waals surface area contributed by atoms with Crippen LogP contribution in [0.4, 0.5) is 0 Å². The van der Waals surface area contributed by atoms with E-state index >= 15 is 0 Å². The lowest BCUT2D eigenvalue weighted by Crippen LogP contribution is -2.56. The summed E-state index contributed by atoms with van der Waals surface area (Å²) in [7, 11) is 0. The zero-order chi connectivity index (χ0) is 24.2. The van der Waals surface area contributed by atoms with Gasteiger partial charge in [-0.2, -0.15) is 0 Å². The largest absolute Gasteiger partial charge is 0.480 e. The van der Waals surface area contributed by atoms with Crippen LogP contribution in [-0.2, 0) is 32.0 Å². The number of hydrogen-bond acceptors (Lipinski definition) is 5. The van der Waals surface area contributed by atoms with Crippen LogP contribution >= 0.6 is 11.8 Å². The molecule has 1 fully saturated rings. The molecule has 2 aromatic carbocycles. The van der Waals surface area contributed by atoms with Crippen molar-refractivity contribution in [3.8, 4) is 0 Å². The molecule has 34 heavy (non-hydrogen) atoms. The number of amides is 2. The van der Waals surface area contributed by atoms with Crippen LogP contribution in [0.2, 0.25) is 0 Å². The second-order valence-electron chi connectivity index (χ2n) is 8.80. The Morgan fingerprint density at radius 1 is 1.09 bits per heavy atom. The maximum absolute atomic E-state index is 13.7. The number of hydrogen-bond donors (Lipinski definition) is 2. The van der Waals surface area contributed by atoms with Gasteiger partial charge in [0.15, 0.2) is 5.12 Å². The van der Waals surface area contributed by atoms with E-state index in [0.29, 0.717) is 25.7 Å². The first-order valence-corrected chi connectivity index (χ1v) is 12.4. The van der Waals surface area contributed by atoms with Gasteiger partial charge in [-0.1, -0.05) is 66.4 Å². The number of carbonyl (C=O) groups excluding carboxylic acids is 3. The summed E-state index contributed by atoms with van der Waals surface area (Å²) in [5.41, 5.74) is 2.78. The third-order valence-electron chi connectivity index (χ3n) is 6.48. The smallest absolute Gasteiger partial charge is 0.326 e. The number of nitrogens with zero attached hydrogens (tertiary/aromatic N) is 1. The van der Waals surface area contributed by atoms with E-state index in [-0.39, 0.29) is 23.5 Å².